The Bertz CT molecular complexity index is 813. The standard InChI is InChI=1S/C21H30.C17H37N/c1-13-5-7-17-16(11-13)12-14(2)20-18(17)9-10-21(4)15(3)6-8-19(20)21;1-4-6-8-9-10-11-12-13-14-15-17-18(3)16-7-5-2/h5,7,11,14-15,18-20H,6,8-10,12H2,1-4H3;4-17H2,1-3H3. The van der Waals surface area contributed by atoms with Crippen molar-refractivity contribution in [1.82, 2.24) is 4.90 Å². The van der Waals surface area contributed by atoms with Crippen LogP contribution in [0.1, 0.15) is 160 Å². The Hall–Kier alpha value is -0.820. The quantitative estimate of drug-likeness (QED) is 0.213. The molecule has 0 amide bonds. The molecule has 1 aromatic carbocycles. The lowest BCUT2D eigenvalue weighted by Gasteiger charge is -2.53. The lowest BCUT2D eigenvalue weighted by molar-refractivity contribution is 0.0100. The van der Waals surface area contributed by atoms with E-state index in [4.69, 9.17) is 0 Å². The van der Waals surface area contributed by atoms with Crippen LogP contribution in [0, 0.1) is 36.0 Å². The number of rotatable bonds is 14. The summed E-state index contributed by atoms with van der Waals surface area (Å²) in [5, 5.41) is 0. The van der Waals surface area contributed by atoms with E-state index in [-0.39, 0.29) is 0 Å². The fourth-order valence-electron chi connectivity index (χ4n) is 8.78. The second kappa shape index (κ2) is 16.6. The first-order chi connectivity index (χ1) is 18.8. The minimum atomic E-state index is 0.637. The van der Waals surface area contributed by atoms with E-state index in [1.54, 1.807) is 11.1 Å². The van der Waals surface area contributed by atoms with Crippen LogP contribution in [0.2, 0.25) is 0 Å². The van der Waals surface area contributed by atoms with Crippen molar-refractivity contribution < 1.29 is 0 Å². The van der Waals surface area contributed by atoms with Crippen LogP contribution in [0.15, 0.2) is 18.2 Å². The van der Waals surface area contributed by atoms with Gasteiger partial charge in [-0.3, -0.25) is 0 Å². The number of unbranched alkanes of at least 4 members (excludes halogenated alkanes) is 10. The minimum absolute atomic E-state index is 0.637. The molecule has 1 nitrogen and oxygen atoms in total. The van der Waals surface area contributed by atoms with E-state index in [9.17, 15) is 0 Å². The normalized spacial score (nSPS) is 29.4. The van der Waals surface area contributed by atoms with Gasteiger partial charge in [0.1, 0.15) is 0 Å². The van der Waals surface area contributed by atoms with Gasteiger partial charge >= 0.3 is 0 Å². The Morgan fingerprint density at radius 1 is 0.795 bits per heavy atom. The van der Waals surface area contributed by atoms with Gasteiger partial charge in [0, 0.05) is 0 Å². The summed E-state index contributed by atoms with van der Waals surface area (Å²) in [6, 6.07) is 7.28. The molecule has 3 aliphatic rings. The average Bonchev–Trinajstić information content (AvgIpc) is 3.22. The number of hydrogen-bond donors (Lipinski definition) is 0. The van der Waals surface area contributed by atoms with Gasteiger partial charge in [-0.2, -0.15) is 0 Å². The monoisotopic (exact) mass is 538 g/mol. The topological polar surface area (TPSA) is 3.24 Å². The summed E-state index contributed by atoms with van der Waals surface area (Å²) in [6.07, 6.45) is 24.3. The van der Waals surface area contributed by atoms with E-state index in [0.29, 0.717) is 5.41 Å². The molecule has 3 aliphatic carbocycles. The van der Waals surface area contributed by atoms with Crippen LogP contribution < -0.4 is 0 Å². The highest BCUT2D eigenvalue weighted by Gasteiger charge is 2.54. The second-order valence-corrected chi connectivity index (χ2v) is 14.5. The molecule has 224 valence electrons. The van der Waals surface area contributed by atoms with Crippen molar-refractivity contribution >= 4 is 0 Å². The Morgan fingerprint density at radius 2 is 1.41 bits per heavy atom. The van der Waals surface area contributed by atoms with Gasteiger partial charge < -0.3 is 4.90 Å². The van der Waals surface area contributed by atoms with Crippen LogP contribution in [0.25, 0.3) is 0 Å². The van der Waals surface area contributed by atoms with Gasteiger partial charge in [-0.1, -0.05) is 123 Å². The number of fused-ring (bicyclic) bond motifs is 5. The maximum Gasteiger partial charge on any atom is -0.00218 e. The van der Waals surface area contributed by atoms with Crippen LogP contribution in [0.3, 0.4) is 0 Å². The number of nitrogens with zero attached hydrogens (tertiary/aromatic N) is 1. The molecular weight excluding hydrogens is 470 g/mol. The van der Waals surface area contributed by atoms with Gasteiger partial charge in [-0.05, 0) is 118 Å². The molecule has 1 heteroatoms. The molecule has 2 fully saturated rings. The molecule has 4 rings (SSSR count). The van der Waals surface area contributed by atoms with Crippen LogP contribution in [-0.2, 0) is 6.42 Å². The van der Waals surface area contributed by atoms with Gasteiger partial charge in [0.25, 0.3) is 0 Å². The third kappa shape index (κ3) is 9.08. The molecule has 2 saturated carbocycles. The van der Waals surface area contributed by atoms with E-state index in [2.05, 4.69) is 71.7 Å². The third-order valence-electron chi connectivity index (χ3n) is 11.5. The highest BCUT2D eigenvalue weighted by molar-refractivity contribution is 5.38. The summed E-state index contributed by atoms with van der Waals surface area (Å²) in [4.78, 5) is 2.49. The number of benzene rings is 1. The molecule has 0 aromatic heterocycles. The molecule has 0 N–H and O–H groups in total. The van der Waals surface area contributed by atoms with E-state index >= 15 is 0 Å². The smallest absolute Gasteiger partial charge is 0.00218 e. The lowest BCUT2D eigenvalue weighted by Crippen LogP contribution is -2.44. The van der Waals surface area contributed by atoms with Gasteiger partial charge in [-0.25, -0.2) is 0 Å². The molecule has 39 heavy (non-hydrogen) atoms. The van der Waals surface area contributed by atoms with Crippen molar-refractivity contribution in [1.29, 1.82) is 0 Å². The van der Waals surface area contributed by atoms with Gasteiger partial charge in [0.2, 0.25) is 0 Å². The van der Waals surface area contributed by atoms with Crippen LogP contribution in [0.5, 0.6) is 0 Å². The third-order valence-corrected chi connectivity index (χ3v) is 11.5. The molecule has 0 aliphatic heterocycles. The molecule has 0 bridgehead atoms. The number of hydrogen-bond acceptors (Lipinski definition) is 1. The zero-order valence-electron chi connectivity index (χ0n) is 27.5. The second-order valence-electron chi connectivity index (χ2n) is 14.5. The molecule has 6 atom stereocenters. The Kier molecular flexibility index (Phi) is 13.9. The first-order valence-electron chi connectivity index (χ1n) is 17.6. The van der Waals surface area contributed by atoms with E-state index in [1.807, 2.05) is 0 Å². The maximum absolute atomic E-state index is 2.61. The van der Waals surface area contributed by atoms with Crippen molar-refractivity contribution in [2.75, 3.05) is 20.1 Å². The molecule has 0 saturated heterocycles. The fourth-order valence-corrected chi connectivity index (χ4v) is 8.78. The summed E-state index contributed by atoms with van der Waals surface area (Å²) in [5.41, 5.74) is 5.45. The zero-order valence-corrected chi connectivity index (χ0v) is 27.5. The zero-order chi connectivity index (χ0) is 28.3. The molecule has 1 aromatic rings. The summed E-state index contributed by atoms with van der Waals surface area (Å²) >= 11 is 0. The highest BCUT2D eigenvalue weighted by Crippen LogP contribution is 2.63. The average molecular weight is 538 g/mol. The van der Waals surface area contributed by atoms with Crippen LogP contribution >= 0.6 is 0 Å². The van der Waals surface area contributed by atoms with Crippen molar-refractivity contribution in [3.05, 3.63) is 34.9 Å². The van der Waals surface area contributed by atoms with E-state index in [0.717, 1.165) is 29.6 Å². The first-order valence-corrected chi connectivity index (χ1v) is 17.6. The molecule has 0 heterocycles. The summed E-state index contributed by atoms with van der Waals surface area (Å²) < 4.78 is 0. The summed E-state index contributed by atoms with van der Waals surface area (Å²) in [6.45, 7) is 17.1. The van der Waals surface area contributed by atoms with Crippen molar-refractivity contribution in [3.63, 3.8) is 0 Å². The predicted molar refractivity (Wildman–Crippen MR) is 174 cm³/mol. The highest BCUT2D eigenvalue weighted by atomic mass is 15.1. The van der Waals surface area contributed by atoms with Crippen molar-refractivity contribution in [3.8, 4) is 0 Å². The summed E-state index contributed by atoms with van der Waals surface area (Å²) in [5.74, 6) is 4.60. The van der Waals surface area contributed by atoms with Crippen LogP contribution in [-0.4, -0.2) is 25.0 Å². The van der Waals surface area contributed by atoms with Gasteiger partial charge in [-0.15, -0.1) is 0 Å². The lowest BCUT2D eigenvalue weighted by atomic mass is 9.52. The van der Waals surface area contributed by atoms with Crippen LogP contribution in [0.4, 0.5) is 0 Å². The SMILES string of the molecule is CCCCCCCCCCCCN(C)CCCC.Cc1ccc2c(c1)CC(C)C1C2CCC2(C)C(C)CCC12. The summed E-state index contributed by atoms with van der Waals surface area (Å²) in [7, 11) is 2.27. The van der Waals surface area contributed by atoms with Gasteiger partial charge in [0.05, 0.1) is 0 Å². The number of aryl methyl sites for hydroxylation is 1. The Labute approximate surface area is 245 Å². The van der Waals surface area contributed by atoms with Crippen molar-refractivity contribution in [2.24, 2.45) is 29.1 Å². The maximum atomic E-state index is 2.61. The molecule has 0 spiro atoms. The van der Waals surface area contributed by atoms with E-state index in [1.165, 1.54) is 128 Å². The molecular formula is C38H67N. The fraction of sp³-hybridized carbons (Fsp3) is 0.842. The van der Waals surface area contributed by atoms with Crippen molar-refractivity contribution in [2.45, 2.75) is 157 Å². The molecule has 6 unspecified atom stereocenters. The van der Waals surface area contributed by atoms with Gasteiger partial charge in [0.15, 0.2) is 0 Å². The largest absolute Gasteiger partial charge is 0.306 e. The first kappa shape index (κ1) is 32.7. The molecule has 0 radical (unpaired) electrons. The van der Waals surface area contributed by atoms with E-state index < -0.39 is 0 Å². The predicted octanol–water partition coefficient (Wildman–Crippen LogP) is 11.4. The Morgan fingerprint density at radius 3 is 2.08 bits per heavy atom. The Balaban J connectivity index is 0.000000220. The minimum Gasteiger partial charge on any atom is -0.306 e.